The maximum Gasteiger partial charge on any atom is 0.191 e. The molecule has 0 saturated carbocycles. The van der Waals surface area contributed by atoms with E-state index < -0.39 is 0 Å². The predicted octanol–water partition coefficient (Wildman–Crippen LogP) is 3.18. The molecule has 0 radical (unpaired) electrons. The first-order chi connectivity index (χ1) is 13.6. The molecule has 6 nitrogen and oxygen atoms in total. The van der Waals surface area contributed by atoms with Crippen LogP contribution in [0.4, 0.5) is 4.39 Å². The Hall–Kier alpha value is -2.38. The molecular formula is C21H31FN4O2. The van der Waals surface area contributed by atoms with Gasteiger partial charge < -0.3 is 24.7 Å². The van der Waals surface area contributed by atoms with Crippen molar-refractivity contribution in [1.29, 1.82) is 0 Å². The fourth-order valence-corrected chi connectivity index (χ4v) is 2.75. The van der Waals surface area contributed by atoms with Crippen LogP contribution in [-0.4, -0.2) is 51.2 Å². The van der Waals surface area contributed by atoms with E-state index in [1.54, 1.807) is 18.4 Å². The summed E-state index contributed by atoms with van der Waals surface area (Å²) in [7, 11) is 3.95. The molecule has 1 aromatic heterocycles. The van der Waals surface area contributed by atoms with E-state index in [-0.39, 0.29) is 11.9 Å². The summed E-state index contributed by atoms with van der Waals surface area (Å²) >= 11 is 0. The molecule has 1 unspecified atom stereocenters. The Balaban J connectivity index is 1.80. The van der Waals surface area contributed by atoms with E-state index in [9.17, 15) is 4.39 Å². The molecule has 0 aliphatic carbocycles. The third-order valence-corrected chi connectivity index (χ3v) is 4.21. The fraction of sp³-hybridized carbons (Fsp3) is 0.476. The van der Waals surface area contributed by atoms with Crippen molar-refractivity contribution in [1.82, 2.24) is 15.5 Å². The number of likely N-dealkylation sites (N-methyl/N-ethyl adjacent to an activating group) is 1. The van der Waals surface area contributed by atoms with E-state index in [1.807, 2.05) is 44.1 Å². The normalized spacial score (nSPS) is 13.0. The molecule has 2 rings (SSSR count). The number of nitrogens with one attached hydrogen (secondary N) is 2. The lowest BCUT2D eigenvalue weighted by Crippen LogP contribution is -2.38. The Morgan fingerprint density at radius 1 is 1.25 bits per heavy atom. The molecular weight excluding hydrogens is 359 g/mol. The zero-order chi connectivity index (χ0) is 20.2. The van der Waals surface area contributed by atoms with E-state index in [0.29, 0.717) is 19.8 Å². The standard InChI is InChI=1S/C21H31FN4O2/c1-4-23-21(24-11-7-12-27-16-19-10-6-13-28-19)25-15-20(26(2)3)17-8-5-9-18(22)14-17/h5-6,8-10,13-14,20H,4,7,11-12,15-16H2,1-3H3,(H2,23,24,25). The first kappa shape index (κ1) is 21.9. The smallest absolute Gasteiger partial charge is 0.191 e. The molecule has 0 saturated heterocycles. The maximum absolute atomic E-state index is 13.6. The van der Waals surface area contributed by atoms with E-state index >= 15 is 0 Å². The third kappa shape index (κ3) is 7.70. The Labute approximate surface area is 166 Å². The van der Waals surface area contributed by atoms with Crippen LogP contribution in [0.2, 0.25) is 0 Å². The molecule has 7 heteroatoms. The number of hydrogen-bond acceptors (Lipinski definition) is 4. The Kier molecular flexibility index (Phi) is 9.51. The van der Waals surface area contributed by atoms with Gasteiger partial charge in [-0.15, -0.1) is 0 Å². The van der Waals surface area contributed by atoms with E-state index in [1.165, 1.54) is 6.07 Å². The SMILES string of the molecule is CCNC(=NCC(c1cccc(F)c1)N(C)C)NCCCOCc1ccco1. The minimum absolute atomic E-state index is 0.00258. The molecule has 1 aromatic carbocycles. The lowest BCUT2D eigenvalue weighted by atomic mass is 10.1. The van der Waals surface area contributed by atoms with Crippen LogP contribution in [0.15, 0.2) is 52.1 Å². The molecule has 1 heterocycles. The molecule has 2 aromatic rings. The second kappa shape index (κ2) is 12.2. The topological polar surface area (TPSA) is 62.0 Å². The molecule has 1 atom stereocenters. The summed E-state index contributed by atoms with van der Waals surface area (Å²) < 4.78 is 24.4. The third-order valence-electron chi connectivity index (χ3n) is 4.21. The van der Waals surface area contributed by atoms with Crippen LogP contribution in [0, 0.1) is 5.82 Å². The van der Waals surface area contributed by atoms with Crippen LogP contribution in [0.1, 0.15) is 30.7 Å². The van der Waals surface area contributed by atoms with Crippen molar-refractivity contribution in [3.63, 3.8) is 0 Å². The highest BCUT2D eigenvalue weighted by Crippen LogP contribution is 2.19. The molecule has 28 heavy (non-hydrogen) atoms. The number of hydrogen-bond donors (Lipinski definition) is 2. The molecule has 154 valence electrons. The molecule has 0 bridgehead atoms. The fourth-order valence-electron chi connectivity index (χ4n) is 2.75. The van der Waals surface area contributed by atoms with Crippen LogP contribution in [0.3, 0.4) is 0 Å². The maximum atomic E-state index is 13.6. The minimum atomic E-state index is -0.229. The van der Waals surface area contributed by atoms with E-state index in [4.69, 9.17) is 9.15 Å². The van der Waals surface area contributed by atoms with Crippen LogP contribution < -0.4 is 10.6 Å². The Morgan fingerprint density at radius 3 is 2.79 bits per heavy atom. The first-order valence-corrected chi connectivity index (χ1v) is 9.64. The second-order valence-electron chi connectivity index (χ2n) is 6.67. The number of benzene rings is 1. The number of guanidine groups is 1. The monoisotopic (exact) mass is 390 g/mol. The minimum Gasteiger partial charge on any atom is -0.467 e. The number of furan rings is 1. The van der Waals surface area contributed by atoms with Crippen molar-refractivity contribution in [3.8, 4) is 0 Å². The summed E-state index contributed by atoms with van der Waals surface area (Å²) in [5.74, 6) is 1.35. The van der Waals surface area contributed by atoms with Crippen molar-refractivity contribution >= 4 is 5.96 Å². The van der Waals surface area contributed by atoms with Gasteiger partial charge in [-0.05, 0) is 57.3 Å². The number of halogens is 1. The van der Waals surface area contributed by atoms with E-state index in [2.05, 4.69) is 15.6 Å². The average molecular weight is 391 g/mol. The highest BCUT2D eigenvalue weighted by molar-refractivity contribution is 5.79. The molecule has 2 N–H and O–H groups in total. The average Bonchev–Trinajstić information content (AvgIpc) is 3.18. The number of ether oxygens (including phenoxy) is 1. The highest BCUT2D eigenvalue weighted by Gasteiger charge is 2.14. The van der Waals surface area contributed by atoms with Gasteiger partial charge in [0.2, 0.25) is 0 Å². The largest absolute Gasteiger partial charge is 0.467 e. The van der Waals surface area contributed by atoms with Gasteiger partial charge in [-0.2, -0.15) is 0 Å². The van der Waals surface area contributed by atoms with Gasteiger partial charge in [-0.25, -0.2) is 4.39 Å². The summed E-state index contributed by atoms with van der Waals surface area (Å²) in [6.45, 7) is 5.19. The lowest BCUT2D eigenvalue weighted by Gasteiger charge is -2.23. The van der Waals surface area contributed by atoms with Gasteiger partial charge in [-0.1, -0.05) is 12.1 Å². The molecule has 0 amide bonds. The first-order valence-electron chi connectivity index (χ1n) is 9.64. The molecule has 0 spiro atoms. The van der Waals surface area contributed by atoms with Gasteiger partial charge >= 0.3 is 0 Å². The summed E-state index contributed by atoms with van der Waals surface area (Å²) in [4.78, 5) is 6.72. The Bertz CT molecular complexity index is 704. The summed E-state index contributed by atoms with van der Waals surface area (Å²) in [5, 5.41) is 6.56. The molecule has 0 aliphatic heterocycles. The molecule has 0 aliphatic rings. The van der Waals surface area contributed by atoms with Crippen LogP contribution >= 0.6 is 0 Å². The zero-order valence-electron chi connectivity index (χ0n) is 17.0. The van der Waals surface area contributed by atoms with Gasteiger partial charge in [0.25, 0.3) is 0 Å². The summed E-state index contributed by atoms with van der Waals surface area (Å²) in [6.07, 6.45) is 2.50. The number of rotatable bonds is 11. The van der Waals surface area contributed by atoms with Gasteiger partial charge in [0.05, 0.1) is 18.8 Å². The summed E-state index contributed by atoms with van der Waals surface area (Å²) in [5.41, 5.74) is 0.913. The van der Waals surface area contributed by atoms with Crippen molar-refractivity contribution < 1.29 is 13.5 Å². The van der Waals surface area contributed by atoms with Crippen LogP contribution in [0.5, 0.6) is 0 Å². The van der Waals surface area contributed by atoms with Gasteiger partial charge in [0.1, 0.15) is 18.2 Å². The van der Waals surface area contributed by atoms with Crippen molar-refractivity contribution in [2.75, 3.05) is 40.3 Å². The van der Waals surface area contributed by atoms with Crippen molar-refractivity contribution in [2.45, 2.75) is 26.0 Å². The van der Waals surface area contributed by atoms with Crippen LogP contribution in [0.25, 0.3) is 0 Å². The van der Waals surface area contributed by atoms with Gasteiger partial charge in [0.15, 0.2) is 5.96 Å². The summed E-state index contributed by atoms with van der Waals surface area (Å²) in [6, 6.07) is 10.4. The van der Waals surface area contributed by atoms with Crippen molar-refractivity contribution in [2.24, 2.45) is 4.99 Å². The lowest BCUT2D eigenvalue weighted by molar-refractivity contribution is 0.105. The quantitative estimate of drug-likeness (QED) is 0.351. The van der Waals surface area contributed by atoms with Gasteiger partial charge in [0, 0.05) is 19.7 Å². The van der Waals surface area contributed by atoms with Crippen molar-refractivity contribution in [3.05, 3.63) is 59.8 Å². The Morgan fingerprint density at radius 2 is 2.11 bits per heavy atom. The molecule has 0 fully saturated rings. The predicted molar refractivity (Wildman–Crippen MR) is 110 cm³/mol. The zero-order valence-corrected chi connectivity index (χ0v) is 17.0. The number of aliphatic imine (C=N–C) groups is 1. The van der Waals surface area contributed by atoms with Gasteiger partial charge in [-0.3, -0.25) is 4.99 Å². The number of nitrogens with zero attached hydrogens (tertiary/aromatic N) is 2. The van der Waals surface area contributed by atoms with E-state index in [0.717, 1.165) is 36.8 Å². The van der Waals surface area contributed by atoms with Crippen LogP contribution in [-0.2, 0) is 11.3 Å². The second-order valence-corrected chi connectivity index (χ2v) is 6.67. The highest BCUT2D eigenvalue weighted by atomic mass is 19.1.